The largest absolute Gasteiger partial charge is 0.466 e. The van der Waals surface area contributed by atoms with E-state index in [9.17, 15) is 9.59 Å². The van der Waals surface area contributed by atoms with Crippen LogP contribution in [-0.4, -0.2) is 27.4 Å². The van der Waals surface area contributed by atoms with Gasteiger partial charge in [0.2, 0.25) is 0 Å². The predicted octanol–water partition coefficient (Wildman–Crippen LogP) is -0.775. The quantitative estimate of drug-likeness (QED) is 0.446. The molecule has 0 aliphatic carbocycles. The molecule has 1 aromatic rings. The third-order valence-corrected chi connectivity index (χ3v) is 1.42. The van der Waals surface area contributed by atoms with Gasteiger partial charge in [0.25, 0.3) is 0 Å². The summed E-state index contributed by atoms with van der Waals surface area (Å²) in [6.07, 6.45) is 3.74. The first-order valence-electron chi connectivity index (χ1n) is 3.51. The van der Waals surface area contributed by atoms with Crippen LogP contribution in [0.15, 0.2) is 17.2 Å². The zero-order valence-electron chi connectivity index (χ0n) is 7.30. The molecular weight excluding hydrogens is 174 g/mol. The molecule has 0 saturated heterocycles. The fourth-order valence-corrected chi connectivity index (χ4v) is 0.710. The molecule has 0 amide bonds. The Balaban J connectivity index is 2.86. The van der Waals surface area contributed by atoms with E-state index >= 15 is 0 Å². The van der Waals surface area contributed by atoms with Crippen LogP contribution in [0.5, 0.6) is 0 Å². The van der Waals surface area contributed by atoms with Gasteiger partial charge in [-0.1, -0.05) is 0 Å². The van der Waals surface area contributed by atoms with E-state index in [4.69, 9.17) is 0 Å². The summed E-state index contributed by atoms with van der Waals surface area (Å²) in [5.41, 5.74) is -0.319. The Labute approximate surface area is 74.0 Å². The molecule has 0 bridgehead atoms. The summed E-state index contributed by atoms with van der Waals surface area (Å²) in [5, 5.41) is 3.68. The van der Waals surface area contributed by atoms with E-state index < -0.39 is 5.97 Å². The van der Waals surface area contributed by atoms with Crippen molar-refractivity contribution in [2.75, 3.05) is 7.11 Å². The lowest BCUT2D eigenvalue weighted by molar-refractivity contribution is -0.134. The van der Waals surface area contributed by atoms with Gasteiger partial charge in [0.1, 0.15) is 6.33 Å². The zero-order chi connectivity index (χ0) is 9.84. The second-order valence-electron chi connectivity index (χ2n) is 2.28. The lowest BCUT2D eigenvalue weighted by atomic mass is 10.6. The zero-order valence-corrected chi connectivity index (χ0v) is 7.30. The first kappa shape index (κ1) is 9.24. The summed E-state index contributed by atoms with van der Waals surface area (Å²) in [4.78, 5) is 21.8. The molecule has 0 spiro atoms. The molecule has 70 valence electrons. The minimum absolute atomic E-state index is 0.319. The number of ether oxygens (including phenoxy) is 1. The van der Waals surface area contributed by atoms with E-state index in [1.54, 1.807) is 0 Å². The molecule has 1 heterocycles. The monoisotopic (exact) mass is 183 g/mol. The molecule has 0 aliphatic heterocycles. The minimum atomic E-state index is -0.518. The van der Waals surface area contributed by atoms with E-state index in [1.807, 2.05) is 0 Å². The Morgan fingerprint density at radius 2 is 2.38 bits per heavy atom. The number of methoxy groups -OCH3 is 1. The van der Waals surface area contributed by atoms with Crippen molar-refractivity contribution in [3.05, 3.63) is 22.9 Å². The van der Waals surface area contributed by atoms with Crippen LogP contribution in [0.2, 0.25) is 0 Å². The minimum Gasteiger partial charge on any atom is -0.466 e. The predicted molar refractivity (Wildman–Crippen MR) is 44.8 cm³/mol. The molecule has 0 aromatic carbocycles. The van der Waals surface area contributed by atoms with Crippen LogP contribution < -0.4 is 5.69 Å². The topological polar surface area (TPSA) is 66.1 Å². The highest BCUT2D eigenvalue weighted by atomic mass is 16.5. The molecule has 13 heavy (non-hydrogen) atoms. The number of aryl methyl sites for hydroxylation is 1. The second-order valence-corrected chi connectivity index (χ2v) is 2.28. The second kappa shape index (κ2) is 3.70. The molecule has 6 heteroatoms. The summed E-state index contributed by atoms with van der Waals surface area (Å²) in [5.74, 6) is -0.518. The van der Waals surface area contributed by atoms with Gasteiger partial charge in [-0.2, -0.15) is 5.10 Å². The van der Waals surface area contributed by atoms with E-state index in [1.165, 1.54) is 31.3 Å². The maximum Gasteiger partial charge on any atom is 0.349 e. The van der Waals surface area contributed by atoms with Crippen LogP contribution in [0, 0.1) is 0 Å². The molecule has 0 atom stereocenters. The van der Waals surface area contributed by atoms with Crippen molar-refractivity contribution in [3.63, 3.8) is 0 Å². The molecule has 0 aliphatic rings. The van der Waals surface area contributed by atoms with Gasteiger partial charge in [-0.25, -0.2) is 14.3 Å². The van der Waals surface area contributed by atoms with Crippen molar-refractivity contribution < 1.29 is 9.53 Å². The van der Waals surface area contributed by atoms with E-state index in [-0.39, 0.29) is 5.69 Å². The summed E-state index contributed by atoms with van der Waals surface area (Å²) >= 11 is 0. The van der Waals surface area contributed by atoms with Gasteiger partial charge in [-0.15, -0.1) is 0 Å². The molecule has 0 saturated carbocycles. The van der Waals surface area contributed by atoms with Crippen LogP contribution in [0.25, 0.3) is 6.20 Å². The van der Waals surface area contributed by atoms with Gasteiger partial charge in [-0.05, 0) is 0 Å². The molecule has 0 radical (unpaired) electrons. The van der Waals surface area contributed by atoms with Crippen molar-refractivity contribution in [2.24, 2.45) is 7.05 Å². The van der Waals surface area contributed by atoms with E-state index in [0.29, 0.717) is 0 Å². The first-order chi connectivity index (χ1) is 6.15. The number of carbonyl (C=O) groups is 1. The molecule has 6 nitrogen and oxygen atoms in total. The number of hydrogen-bond acceptors (Lipinski definition) is 4. The molecule has 0 N–H and O–H groups in total. The first-order valence-corrected chi connectivity index (χ1v) is 3.51. The summed E-state index contributed by atoms with van der Waals surface area (Å²) in [7, 11) is 2.78. The highest BCUT2D eigenvalue weighted by molar-refractivity contribution is 5.84. The Morgan fingerprint density at radius 3 is 2.85 bits per heavy atom. The number of hydrogen-bond donors (Lipinski definition) is 0. The lowest BCUT2D eigenvalue weighted by Crippen LogP contribution is -2.19. The Morgan fingerprint density at radius 1 is 1.69 bits per heavy atom. The van der Waals surface area contributed by atoms with Gasteiger partial charge in [0.15, 0.2) is 0 Å². The van der Waals surface area contributed by atoms with Crippen molar-refractivity contribution in [1.82, 2.24) is 14.3 Å². The van der Waals surface area contributed by atoms with Crippen molar-refractivity contribution >= 4 is 12.2 Å². The van der Waals surface area contributed by atoms with Gasteiger partial charge >= 0.3 is 11.7 Å². The van der Waals surface area contributed by atoms with Crippen molar-refractivity contribution in [3.8, 4) is 0 Å². The lowest BCUT2D eigenvalue weighted by Gasteiger charge is -1.89. The van der Waals surface area contributed by atoms with Crippen molar-refractivity contribution in [1.29, 1.82) is 0 Å². The van der Waals surface area contributed by atoms with E-state index in [0.717, 1.165) is 10.8 Å². The molecule has 1 rings (SSSR count). The summed E-state index contributed by atoms with van der Waals surface area (Å²) in [6.45, 7) is 0. The van der Waals surface area contributed by atoms with Gasteiger partial charge in [0.05, 0.1) is 7.11 Å². The standard InChI is InChI=1S/C7H9N3O3/c1-9-7(12)10(5-8-9)4-3-6(11)13-2/h3-5H,1-2H3/b4-3+. The average molecular weight is 183 g/mol. The Hall–Kier alpha value is -1.85. The molecule has 0 unspecified atom stereocenters. The van der Waals surface area contributed by atoms with Crippen LogP contribution in [0.3, 0.4) is 0 Å². The van der Waals surface area contributed by atoms with Gasteiger partial charge < -0.3 is 4.74 Å². The highest BCUT2D eigenvalue weighted by Crippen LogP contribution is 1.82. The maximum absolute atomic E-state index is 11.1. The van der Waals surface area contributed by atoms with Gasteiger partial charge in [0, 0.05) is 19.3 Å². The third-order valence-electron chi connectivity index (χ3n) is 1.42. The normalized spacial score (nSPS) is 10.6. The third kappa shape index (κ3) is 2.05. The number of rotatable bonds is 2. The highest BCUT2D eigenvalue weighted by Gasteiger charge is 1.97. The van der Waals surface area contributed by atoms with Crippen LogP contribution in [-0.2, 0) is 16.6 Å². The SMILES string of the molecule is COC(=O)/C=C/n1cnn(C)c1=O. The Kier molecular flexibility index (Phi) is 2.63. The van der Waals surface area contributed by atoms with Gasteiger partial charge in [-0.3, -0.25) is 4.57 Å². The number of esters is 1. The smallest absolute Gasteiger partial charge is 0.349 e. The molecule has 0 fully saturated rings. The molecule has 1 aromatic heterocycles. The summed E-state index contributed by atoms with van der Waals surface area (Å²) in [6, 6.07) is 0. The fourth-order valence-electron chi connectivity index (χ4n) is 0.710. The van der Waals surface area contributed by atoms with Crippen molar-refractivity contribution in [2.45, 2.75) is 0 Å². The maximum atomic E-state index is 11.1. The number of aromatic nitrogens is 3. The van der Waals surface area contributed by atoms with Crippen LogP contribution >= 0.6 is 0 Å². The number of nitrogens with zero attached hydrogens (tertiary/aromatic N) is 3. The Bertz CT molecular complexity index is 388. The van der Waals surface area contributed by atoms with Crippen LogP contribution in [0.4, 0.5) is 0 Å². The average Bonchev–Trinajstić information content (AvgIpc) is 2.44. The summed E-state index contributed by atoms with van der Waals surface area (Å²) < 4.78 is 6.68. The molecular formula is C7H9N3O3. The number of carbonyl (C=O) groups excluding carboxylic acids is 1. The van der Waals surface area contributed by atoms with E-state index in [2.05, 4.69) is 9.84 Å². The fraction of sp³-hybridized carbons (Fsp3) is 0.286. The van der Waals surface area contributed by atoms with Crippen LogP contribution in [0.1, 0.15) is 0 Å².